The van der Waals surface area contributed by atoms with Gasteiger partial charge in [-0.15, -0.1) is 10.2 Å². The van der Waals surface area contributed by atoms with Crippen LogP contribution >= 0.6 is 15.9 Å². The molecule has 0 aliphatic carbocycles. The zero-order valence-corrected chi connectivity index (χ0v) is 14.9. The minimum atomic E-state index is -3.36. The van der Waals surface area contributed by atoms with E-state index in [4.69, 9.17) is 4.74 Å². The van der Waals surface area contributed by atoms with Crippen LogP contribution in [0.2, 0.25) is 0 Å². The molecule has 3 rings (SSSR count). The van der Waals surface area contributed by atoms with Gasteiger partial charge in [-0.05, 0) is 28.4 Å². The number of fused-ring (bicyclic) bond motifs is 1. The van der Waals surface area contributed by atoms with E-state index >= 15 is 0 Å². The third kappa shape index (κ3) is 3.76. The number of hydrogen-bond donors (Lipinski definition) is 0. The first kappa shape index (κ1) is 18.5. The summed E-state index contributed by atoms with van der Waals surface area (Å²) in [5.74, 6) is -0.550. The Kier molecular flexibility index (Phi) is 5.08. The molecule has 3 aromatic heterocycles. The molecule has 0 saturated heterocycles. The SMILES string of the molecule is CCC(Oc1ccc(-c2cn3c(C(F)(F)Br)nnc3cn2)cn1)C(F)F. The molecule has 1 unspecified atom stereocenters. The van der Waals surface area contributed by atoms with E-state index in [9.17, 15) is 17.6 Å². The maximum atomic E-state index is 13.5. The average Bonchev–Trinajstić information content (AvgIpc) is 3.03. The summed E-state index contributed by atoms with van der Waals surface area (Å²) in [5.41, 5.74) is 0.968. The number of ether oxygens (including phenoxy) is 1. The number of aromatic nitrogens is 5. The molecule has 0 radical (unpaired) electrons. The van der Waals surface area contributed by atoms with E-state index < -0.39 is 23.2 Å². The summed E-state index contributed by atoms with van der Waals surface area (Å²) in [4.78, 5) is 4.74. The highest BCUT2D eigenvalue weighted by Crippen LogP contribution is 2.33. The van der Waals surface area contributed by atoms with Crippen molar-refractivity contribution in [3.05, 3.63) is 36.5 Å². The Morgan fingerprint density at radius 3 is 2.54 bits per heavy atom. The topological polar surface area (TPSA) is 65.2 Å². The quantitative estimate of drug-likeness (QED) is 0.433. The second kappa shape index (κ2) is 7.14. The fraction of sp³-hybridized carbons (Fsp3) is 0.333. The van der Waals surface area contributed by atoms with Crippen LogP contribution in [0.25, 0.3) is 16.9 Å². The van der Waals surface area contributed by atoms with Crippen molar-refractivity contribution in [1.29, 1.82) is 0 Å². The number of nitrogens with zero attached hydrogens (tertiary/aromatic N) is 5. The normalized spacial score (nSPS) is 13.3. The summed E-state index contributed by atoms with van der Waals surface area (Å²) < 4.78 is 58.7. The molecule has 0 saturated carbocycles. The molecule has 0 aliphatic heterocycles. The fourth-order valence-corrected chi connectivity index (χ4v) is 2.48. The summed E-state index contributed by atoms with van der Waals surface area (Å²) in [5, 5.41) is 7.07. The maximum absolute atomic E-state index is 13.5. The van der Waals surface area contributed by atoms with Crippen LogP contribution in [0.15, 0.2) is 30.7 Å². The molecule has 26 heavy (non-hydrogen) atoms. The van der Waals surface area contributed by atoms with Gasteiger partial charge >= 0.3 is 4.83 Å². The van der Waals surface area contributed by atoms with Gasteiger partial charge in [0.25, 0.3) is 6.43 Å². The van der Waals surface area contributed by atoms with Gasteiger partial charge in [0.05, 0.1) is 11.9 Å². The van der Waals surface area contributed by atoms with E-state index in [0.29, 0.717) is 11.3 Å². The number of alkyl halides is 5. The van der Waals surface area contributed by atoms with Crippen LogP contribution in [-0.4, -0.2) is 37.1 Å². The summed E-state index contributed by atoms with van der Waals surface area (Å²) in [6.45, 7) is 1.58. The molecule has 0 bridgehead atoms. The van der Waals surface area contributed by atoms with Crippen molar-refractivity contribution >= 4 is 21.6 Å². The molecular weight excluding hydrogens is 422 g/mol. The largest absolute Gasteiger partial charge is 0.468 e. The predicted molar refractivity (Wildman–Crippen MR) is 87.5 cm³/mol. The van der Waals surface area contributed by atoms with Gasteiger partial charge in [0.1, 0.15) is 0 Å². The van der Waals surface area contributed by atoms with Crippen LogP contribution in [0.1, 0.15) is 19.2 Å². The minimum Gasteiger partial charge on any atom is -0.468 e. The molecular formula is C15H12BrF4N5O. The van der Waals surface area contributed by atoms with Crippen LogP contribution in [0.4, 0.5) is 17.6 Å². The van der Waals surface area contributed by atoms with Gasteiger partial charge in [0.15, 0.2) is 11.8 Å². The van der Waals surface area contributed by atoms with Crippen LogP contribution in [0.5, 0.6) is 5.88 Å². The fourth-order valence-electron chi connectivity index (χ4n) is 2.21. The third-order valence-electron chi connectivity index (χ3n) is 3.53. The molecule has 0 N–H and O–H groups in total. The molecule has 138 valence electrons. The molecule has 3 heterocycles. The predicted octanol–water partition coefficient (Wildman–Crippen LogP) is 4.05. The van der Waals surface area contributed by atoms with Crippen molar-refractivity contribution in [2.24, 2.45) is 0 Å². The Balaban J connectivity index is 1.89. The lowest BCUT2D eigenvalue weighted by molar-refractivity contribution is 0.00746. The Morgan fingerprint density at radius 2 is 1.96 bits per heavy atom. The number of halogens is 5. The van der Waals surface area contributed by atoms with Crippen LogP contribution in [0.3, 0.4) is 0 Å². The maximum Gasteiger partial charge on any atom is 0.360 e. The van der Waals surface area contributed by atoms with E-state index in [1.165, 1.54) is 24.7 Å². The van der Waals surface area contributed by atoms with Crippen LogP contribution < -0.4 is 4.74 Å². The highest BCUT2D eigenvalue weighted by atomic mass is 79.9. The highest BCUT2D eigenvalue weighted by molar-refractivity contribution is 9.09. The third-order valence-corrected chi connectivity index (χ3v) is 3.89. The molecule has 11 heteroatoms. The second-order valence-electron chi connectivity index (χ2n) is 5.31. The molecule has 0 fully saturated rings. The summed E-state index contributed by atoms with van der Waals surface area (Å²) in [7, 11) is 0. The monoisotopic (exact) mass is 433 g/mol. The van der Waals surface area contributed by atoms with Crippen molar-refractivity contribution < 1.29 is 22.3 Å². The van der Waals surface area contributed by atoms with Crippen molar-refractivity contribution in [2.75, 3.05) is 0 Å². The minimum absolute atomic E-state index is 0.0407. The summed E-state index contributed by atoms with van der Waals surface area (Å²) >= 11 is 2.25. The second-order valence-corrected chi connectivity index (χ2v) is 6.30. The molecule has 0 spiro atoms. The van der Waals surface area contributed by atoms with Gasteiger partial charge in [-0.1, -0.05) is 6.92 Å². The molecule has 1 atom stereocenters. The lowest BCUT2D eigenvalue weighted by Gasteiger charge is -2.15. The van der Waals surface area contributed by atoms with E-state index in [0.717, 1.165) is 4.40 Å². The Bertz CT molecular complexity index is 897. The molecule has 3 aromatic rings. The van der Waals surface area contributed by atoms with Gasteiger partial charge in [-0.3, -0.25) is 9.38 Å². The van der Waals surface area contributed by atoms with Crippen molar-refractivity contribution in [3.8, 4) is 17.1 Å². The van der Waals surface area contributed by atoms with E-state index in [1.807, 2.05) is 0 Å². The Labute approximate surface area is 153 Å². The zero-order chi connectivity index (χ0) is 18.9. The molecule has 0 amide bonds. The lowest BCUT2D eigenvalue weighted by atomic mass is 10.2. The van der Waals surface area contributed by atoms with E-state index in [1.54, 1.807) is 13.0 Å². The van der Waals surface area contributed by atoms with E-state index in [-0.39, 0.29) is 17.9 Å². The van der Waals surface area contributed by atoms with Gasteiger partial charge in [-0.25, -0.2) is 13.8 Å². The highest BCUT2D eigenvalue weighted by Gasteiger charge is 2.33. The molecule has 0 aromatic carbocycles. The van der Waals surface area contributed by atoms with E-state index in [2.05, 4.69) is 36.1 Å². The Morgan fingerprint density at radius 1 is 1.19 bits per heavy atom. The number of pyridine rings is 1. The Hall–Kier alpha value is -2.30. The first-order valence-electron chi connectivity index (χ1n) is 7.48. The molecule has 6 nitrogen and oxygen atoms in total. The van der Waals surface area contributed by atoms with Gasteiger partial charge in [-0.2, -0.15) is 8.78 Å². The standard InChI is InChI=1S/C15H12BrF4N5O/c1-2-10(13(17)18)26-12-4-3-8(5-22-12)9-7-25-11(6-21-9)23-24-14(25)15(16,19)20/h3-7,10,13H,2H2,1H3. The first-order valence-corrected chi connectivity index (χ1v) is 8.28. The van der Waals surface area contributed by atoms with Crippen LogP contribution in [-0.2, 0) is 4.83 Å². The van der Waals surface area contributed by atoms with Gasteiger partial charge in [0, 0.05) is 24.0 Å². The number of hydrogen-bond acceptors (Lipinski definition) is 5. The lowest BCUT2D eigenvalue weighted by Crippen LogP contribution is -2.24. The molecule has 0 aliphatic rings. The van der Waals surface area contributed by atoms with Gasteiger partial charge in [0.2, 0.25) is 11.7 Å². The summed E-state index contributed by atoms with van der Waals surface area (Å²) in [6.07, 6.45) is 0.255. The van der Waals surface area contributed by atoms with Crippen LogP contribution in [0, 0.1) is 0 Å². The zero-order valence-electron chi connectivity index (χ0n) is 13.3. The van der Waals surface area contributed by atoms with Crippen molar-refractivity contribution in [1.82, 2.24) is 24.6 Å². The summed E-state index contributed by atoms with van der Waals surface area (Å²) in [6, 6.07) is 2.96. The number of rotatable bonds is 6. The average molecular weight is 434 g/mol. The smallest absolute Gasteiger partial charge is 0.360 e. The van der Waals surface area contributed by atoms with Crippen molar-refractivity contribution in [3.63, 3.8) is 0 Å². The van der Waals surface area contributed by atoms with Crippen molar-refractivity contribution in [2.45, 2.75) is 30.7 Å². The first-order chi connectivity index (χ1) is 12.3. The van der Waals surface area contributed by atoms with Gasteiger partial charge < -0.3 is 4.74 Å².